The Hall–Kier alpha value is -2.19. The van der Waals surface area contributed by atoms with E-state index >= 15 is 0 Å². The van der Waals surface area contributed by atoms with Crippen LogP contribution in [0.4, 0.5) is 0 Å². The van der Waals surface area contributed by atoms with Crippen molar-refractivity contribution in [1.29, 1.82) is 0 Å². The van der Waals surface area contributed by atoms with Gasteiger partial charge in [0.15, 0.2) is 0 Å². The maximum atomic E-state index is 4.51. The average Bonchev–Trinajstić information content (AvgIpc) is 2.52. The van der Waals surface area contributed by atoms with Crippen LogP contribution in [0.25, 0.3) is 10.9 Å². The Kier molecular flexibility index (Phi) is 3.17. The normalized spacial score (nSPS) is 16.5. The summed E-state index contributed by atoms with van der Waals surface area (Å²) in [6.45, 7) is 1.92. The summed E-state index contributed by atoms with van der Waals surface area (Å²) in [6.07, 6.45) is 3.07. The zero-order chi connectivity index (χ0) is 14.1. The smallest absolute Gasteiger partial charge is 0.0746 e. The van der Waals surface area contributed by atoms with Crippen LogP contribution in [0.5, 0.6) is 0 Å². The summed E-state index contributed by atoms with van der Waals surface area (Å²) in [7, 11) is 0. The maximum Gasteiger partial charge on any atom is 0.0746 e. The number of aromatic nitrogens is 1. The lowest BCUT2D eigenvalue weighted by Crippen LogP contribution is -2.28. The highest BCUT2D eigenvalue weighted by molar-refractivity contribution is 5.81. The summed E-state index contributed by atoms with van der Waals surface area (Å²) in [5.41, 5.74) is 5.42. The minimum atomic E-state index is 0.670. The van der Waals surface area contributed by atoms with Gasteiger partial charge in [0.25, 0.3) is 0 Å². The number of fused-ring (bicyclic) bond motifs is 2. The number of para-hydroxylation sites is 1. The fraction of sp³-hybridized carbons (Fsp3) is 0.211. The second kappa shape index (κ2) is 5.30. The van der Waals surface area contributed by atoms with E-state index in [2.05, 4.69) is 58.8 Å². The van der Waals surface area contributed by atoms with E-state index in [-0.39, 0.29) is 0 Å². The topological polar surface area (TPSA) is 24.9 Å². The summed E-state index contributed by atoms with van der Waals surface area (Å²) >= 11 is 0. The lowest BCUT2D eigenvalue weighted by atomic mass is 9.77. The number of nitrogens with zero attached hydrogens (tertiary/aromatic N) is 1. The van der Waals surface area contributed by atoms with E-state index in [0.29, 0.717) is 5.92 Å². The van der Waals surface area contributed by atoms with Crippen molar-refractivity contribution in [2.24, 2.45) is 0 Å². The maximum absolute atomic E-state index is 4.51. The molecule has 1 aliphatic rings. The zero-order valence-corrected chi connectivity index (χ0v) is 11.9. The lowest BCUT2D eigenvalue weighted by Gasteiger charge is -2.30. The van der Waals surface area contributed by atoms with Crippen LogP contribution < -0.4 is 5.32 Å². The molecule has 3 aromatic rings. The van der Waals surface area contributed by atoms with Gasteiger partial charge in [0.2, 0.25) is 0 Å². The Bertz CT molecular complexity index is 774. The van der Waals surface area contributed by atoms with Crippen molar-refractivity contribution in [3.8, 4) is 0 Å². The summed E-state index contributed by atoms with van der Waals surface area (Å²) < 4.78 is 0. The van der Waals surface area contributed by atoms with Crippen LogP contribution in [0, 0.1) is 0 Å². The summed E-state index contributed by atoms with van der Waals surface area (Å²) in [5.74, 6) is 0.670. The SMILES string of the molecule is c1ccc2c(c1)CC2CNCc1cccc2cccnc12. The highest BCUT2D eigenvalue weighted by Crippen LogP contribution is 2.34. The minimum Gasteiger partial charge on any atom is -0.312 e. The number of rotatable bonds is 4. The number of hydrogen-bond acceptors (Lipinski definition) is 2. The van der Waals surface area contributed by atoms with Gasteiger partial charge in [0, 0.05) is 30.6 Å². The van der Waals surface area contributed by atoms with Crippen LogP contribution in [0.3, 0.4) is 0 Å². The predicted octanol–water partition coefficient (Wildman–Crippen LogP) is 3.66. The quantitative estimate of drug-likeness (QED) is 0.785. The minimum absolute atomic E-state index is 0.670. The number of pyridine rings is 1. The molecule has 104 valence electrons. The molecule has 1 aromatic heterocycles. The van der Waals surface area contributed by atoms with E-state index in [9.17, 15) is 0 Å². The van der Waals surface area contributed by atoms with E-state index in [1.807, 2.05) is 12.3 Å². The van der Waals surface area contributed by atoms with Gasteiger partial charge in [-0.2, -0.15) is 0 Å². The lowest BCUT2D eigenvalue weighted by molar-refractivity contribution is 0.536. The van der Waals surface area contributed by atoms with Crippen LogP contribution >= 0.6 is 0 Å². The van der Waals surface area contributed by atoms with Gasteiger partial charge in [-0.15, -0.1) is 0 Å². The molecule has 0 fully saturated rings. The molecule has 1 heterocycles. The molecule has 1 N–H and O–H groups in total. The van der Waals surface area contributed by atoms with Crippen molar-refractivity contribution in [2.75, 3.05) is 6.54 Å². The molecule has 2 heteroatoms. The van der Waals surface area contributed by atoms with E-state index in [1.54, 1.807) is 0 Å². The molecule has 0 amide bonds. The van der Waals surface area contributed by atoms with Gasteiger partial charge >= 0.3 is 0 Å². The molecule has 0 bridgehead atoms. The molecule has 1 atom stereocenters. The van der Waals surface area contributed by atoms with Crippen LogP contribution in [0.2, 0.25) is 0 Å². The Labute approximate surface area is 124 Å². The van der Waals surface area contributed by atoms with E-state index in [4.69, 9.17) is 0 Å². The van der Waals surface area contributed by atoms with Gasteiger partial charge in [-0.25, -0.2) is 0 Å². The van der Waals surface area contributed by atoms with Crippen molar-refractivity contribution in [3.63, 3.8) is 0 Å². The number of nitrogens with one attached hydrogen (secondary N) is 1. The highest BCUT2D eigenvalue weighted by atomic mass is 14.9. The molecule has 21 heavy (non-hydrogen) atoms. The van der Waals surface area contributed by atoms with Gasteiger partial charge in [0.05, 0.1) is 5.52 Å². The highest BCUT2D eigenvalue weighted by Gasteiger charge is 2.24. The Morgan fingerprint density at radius 1 is 1.00 bits per heavy atom. The van der Waals surface area contributed by atoms with Crippen LogP contribution in [0.1, 0.15) is 22.6 Å². The van der Waals surface area contributed by atoms with Gasteiger partial charge in [0.1, 0.15) is 0 Å². The standard InChI is InChI=1S/C19H18N2/c1-2-9-18-15(5-1)11-17(18)13-20-12-16-7-3-6-14-8-4-10-21-19(14)16/h1-10,17,20H,11-13H2. The van der Waals surface area contributed by atoms with Gasteiger partial charge < -0.3 is 5.32 Å². The zero-order valence-electron chi connectivity index (χ0n) is 11.9. The first-order valence-electron chi connectivity index (χ1n) is 7.53. The molecule has 0 spiro atoms. The molecule has 0 radical (unpaired) electrons. The van der Waals surface area contributed by atoms with Crippen molar-refractivity contribution in [1.82, 2.24) is 10.3 Å². The summed E-state index contributed by atoms with van der Waals surface area (Å²) in [6, 6.07) is 19.3. The first kappa shape index (κ1) is 12.5. The summed E-state index contributed by atoms with van der Waals surface area (Å²) in [5, 5.41) is 4.81. The molecular formula is C19H18N2. The Morgan fingerprint density at radius 3 is 2.86 bits per heavy atom. The van der Waals surface area contributed by atoms with Crippen molar-refractivity contribution in [3.05, 3.63) is 77.5 Å². The van der Waals surface area contributed by atoms with Crippen LogP contribution in [-0.2, 0) is 13.0 Å². The predicted molar refractivity (Wildman–Crippen MR) is 86.3 cm³/mol. The van der Waals surface area contributed by atoms with E-state index in [0.717, 1.165) is 18.6 Å². The van der Waals surface area contributed by atoms with E-state index in [1.165, 1.54) is 28.5 Å². The third-order valence-corrected chi connectivity index (χ3v) is 4.38. The molecule has 2 nitrogen and oxygen atoms in total. The largest absolute Gasteiger partial charge is 0.312 e. The molecule has 1 unspecified atom stereocenters. The fourth-order valence-corrected chi connectivity index (χ4v) is 3.24. The monoisotopic (exact) mass is 274 g/mol. The first-order valence-corrected chi connectivity index (χ1v) is 7.53. The van der Waals surface area contributed by atoms with Crippen LogP contribution in [-0.4, -0.2) is 11.5 Å². The molecule has 1 aliphatic carbocycles. The Morgan fingerprint density at radius 2 is 1.90 bits per heavy atom. The van der Waals surface area contributed by atoms with Crippen molar-refractivity contribution in [2.45, 2.75) is 18.9 Å². The summed E-state index contributed by atoms with van der Waals surface area (Å²) in [4.78, 5) is 4.51. The third kappa shape index (κ3) is 2.32. The molecule has 0 saturated carbocycles. The van der Waals surface area contributed by atoms with Gasteiger partial charge in [-0.3, -0.25) is 4.98 Å². The van der Waals surface area contributed by atoms with Gasteiger partial charge in [-0.1, -0.05) is 48.5 Å². The third-order valence-electron chi connectivity index (χ3n) is 4.38. The van der Waals surface area contributed by atoms with Crippen molar-refractivity contribution < 1.29 is 0 Å². The fourth-order valence-electron chi connectivity index (χ4n) is 3.24. The molecule has 4 rings (SSSR count). The second-order valence-corrected chi connectivity index (χ2v) is 5.72. The Balaban J connectivity index is 1.43. The number of hydrogen-bond donors (Lipinski definition) is 1. The molecule has 0 saturated heterocycles. The number of benzene rings is 2. The molecular weight excluding hydrogens is 256 g/mol. The molecule has 2 aromatic carbocycles. The van der Waals surface area contributed by atoms with Crippen LogP contribution in [0.15, 0.2) is 60.8 Å². The molecule has 0 aliphatic heterocycles. The van der Waals surface area contributed by atoms with Gasteiger partial charge in [-0.05, 0) is 29.2 Å². The average molecular weight is 274 g/mol. The van der Waals surface area contributed by atoms with Crippen molar-refractivity contribution >= 4 is 10.9 Å². The first-order chi connectivity index (χ1) is 10.4. The second-order valence-electron chi connectivity index (χ2n) is 5.72. The van der Waals surface area contributed by atoms with E-state index < -0.39 is 0 Å².